The normalized spacial score (nSPS) is 21.3. The van der Waals surface area contributed by atoms with Crippen molar-refractivity contribution in [1.29, 1.82) is 0 Å². The lowest BCUT2D eigenvalue weighted by Gasteiger charge is -2.38. The molecule has 0 aromatic carbocycles. The number of hydrogen-bond acceptors (Lipinski definition) is 5. The van der Waals surface area contributed by atoms with E-state index in [-0.39, 0.29) is 23.8 Å². The molecule has 26 heavy (non-hydrogen) atoms. The highest BCUT2D eigenvalue weighted by Gasteiger charge is 2.45. The third kappa shape index (κ3) is 2.69. The summed E-state index contributed by atoms with van der Waals surface area (Å²) in [5.74, 6) is 0.367. The van der Waals surface area contributed by atoms with Crippen molar-refractivity contribution in [1.82, 2.24) is 14.5 Å². The number of carbonyl (C=O) groups excluding carboxylic acids is 2. The number of fused-ring (bicyclic) bond motifs is 1. The predicted molar refractivity (Wildman–Crippen MR) is 103 cm³/mol. The molecule has 2 amide bonds. The van der Waals surface area contributed by atoms with E-state index in [1.165, 1.54) is 23.0 Å². The van der Waals surface area contributed by atoms with Crippen LogP contribution in [-0.2, 0) is 21.5 Å². The number of aryl methyl sites for hydroxylation is 2. The van der Waals surface area contributed by atoms with E-state index < -0.39 is 5.54 Å². The molecule has 2 aromatic rings. The van der Waals surface area contributed by atoms with Crippen LogP contribution in [0.5, 0.6) is 0 Å². The fourth-order valence-electron chi connectivity index (χ4n) is 3.86. The molecule has 7 heteroatoms. The number of likely N-dealkylation sites (N-methyl/N-ethyl adjacent to an activating group) is 1. The number of amides is 2. The van der Waals surface area contributed by atoms with Crippen molar-refractivity contribution in [2.75, 3.05) is 7.05 Å². The number of piperidine rings is 1. The van der Waals surface area contributed by atoms with Crippen LogP contribution in [0, 0.1) is 19.8 Å². The average molecular weight is 375 g/mol. The van der Waals surface area contributed by atoms with Crippen LogP contribution in [0.1, 0.15) is 49.9 Å². The van der Waals surface area contributed by atoms with Gasteiger partial charge in [0.15, 0.2) is 0 Å². The molecule has 1 saturated heterocycles. The summed E-state index contributed by atoms with van der Waals surface area (Å²) in [6, 6.07) is 0. The Bertz CT molecular complexity index is 973. The van der Waals surface area contributed by atoms with Gasteiger partial charge in [0.05, 0.1) is 5.39 Å². The number of likely N-dealkylation sites (tertiary alicyclic amines) is 1. The first-order chi connectivity index (χ1) is 12.1. The molecule has 0 aliphatic carbocycles. The van der Waals surface area contributed by atoms with E-state index in [1.54, 1.807) is 13.8 Å². The smallest absolute Gasteiger partial charge is 0.263 e. The lowest BCUT2D eigenvalue weighted by molar-refractivity contribution is -0.154. The van der Waals surface area contributed by atoms with E-state index in [2.05, 4.69) is 18.8 Å². The third-order valence-electron chi connectivity index (χ3n) is 5.27. The Labute approximate surface area is 156 Å². The fraction of sp³-hybridized carbons (Fsp3) is 0.579. The molecular weight excluding hydrogens is 350 g/mol. The van der Waals surface area contributed by atoms with Crippen LogP contribution in [0.15, 0.2) is 4.79 Å². The van der Waals surface area contributed by atoms with Gasteiger partial charge in [-0.1, -0.05) is 13.8 Å². The Balaban J connectivity index is 2.29. The topological polar surface area (TPSA) is 72.3 Å². The van der Waals surface area contributed by atoms with Gasteiger partial charge in [-0.15, -0.1) is 11.3 Å². The molecule has 0 radical (unpaired) electrons. The van der Waals surface area contributed by atoms with Crippen molar-refractivity contribution in [3.63, 3.8) is 0 Å². The van der Waals surface area contributed by atoms with Gasteiger partial charge >= 0.3 is 0 Å². The standard InChI is InChI=1S/C19H25N3O3S/c1-10(2)9-13-11(3)26-16-15(13)17(24)22(12(4)20-16)19(5)8-7-14(23)21(6)18(19)25/h10H,7-9H2,1-6H3. The van der Waals surface area contributed by atoms with Crippen LogP contribution < -0.4 is 5.56 Å². The van der Waals surface area contributed by atoms with Gasteiger partial charge in [0.1, 0.15) is 16.2 Å². The minimum absolute atomic E-state index is 0.175. The maximum Gasteiger partial charge on any atom is 0.263 e. The summed E-state index contributed by atoms with van der Waals surface area (Å²) in [7, 11) is 1.48. The Kier molecular flexibility index (Phi) is 4.55. The highest BCUT2D eigenvalue weighted by molar-refractivity contribution is 7.18. The van der Waals surface area contributed by atoms with E-state index in [1.807, 2.05) is 6.92 Å². The van der Waals surface area contributed by atoms with Crippen LogP contribution in [0.25, 0.3) is 10.2 Å². The highest BCUT2D eigenvalue weighted by atomic mass is 32.1. The van der Waals surface area contributed by atoms with Crippen LogP contribution in [0.4, 0.5) is 0 Å². The molecule has 1 atom stereocenters. The number of hydrogen-bond donors (Lipinski definition) is 0. The number of imide groups is 1. The highest BCUT2D eigenvalue weighted by Crippen LogP contribution is 2.33. The summed E-state index contributed by atoms with van der Waals surface area (Å²) in [5, 5.41) is 0.625. The quantitative estimate of drug-likeness (QED) is 0.774. The molecule has 1 aliphatic heterocycles. The summed E-state index contributed by atoms with van der Waals surface area (Å²) >= 11 is 1.53. The second-order valence-corrected chi connectivity index (χ2v) is 8.95. The summed E-state index contributed by atoms with van der Waals surface area (Å²) in [6.45, 7) is 9.75. The van der Waals surface area contributed by atoms with Gasteiger partial charge in [-0.25, -0.2) is 4.98 Å². The minimum Gasteiger partial charge on any atom is -0.284 e. The molecule has 2 aromatic heterocycles. The van der Waals surface area contributed by atoms with E-state index in [0.717, 1.165) is 26.6 Å². The van der Waals surface area contributed by atoms with Crippen molar-refractivity contribution in [3.8, 4) is 0 Å². The van der Waals surface area contributed by atoms with Gasteiger partial charge in [0.2, 0.25) is 5.91 Å². The van der Waals surface area contributed by atoms with Gasteiger partial charge in [-0.2, -0.15) is 0 Å². The molecule has 3 rings (SSSR count). The van der Waals surface area contributed by atoms with E-state index in [9.17, 15) is 14.4 Å². The molecule has 0 bridgehead atoms. The van der Waals surface area contributed by atoms with Crippen molar-refractivity contribution >= 4 is 33.4 Å². The molecule has 1 aliphatic rings. The zero-order chi connectivity index (χ0) is 19.4. The van der Waals surface area contributed by atoms with Crippen molar-refractivity contribution in [2.24, 2.45) is 5.92 Å². The molecule has 0 spiro atoms. The van der Waals surface area contributed by atoms with Crippen LogP contribution in [0.2, 0.25) is 0 Å². The van der Waals surface area contributed by atoms with Gasteiger partial charge in [0.25, 0.3) is 11.5 Å². The number of thiophene rings is 1. The van der Waals surface area contributed by atoms with Crippen LogP contribution in [0.3, 0.4) is 0 Å². The van der Waals surface area contributed by atoms with Crippen molar-refractivity contribution in [3.05, 3.63) is 26.6 Å². The number of carbonyl (C=O) groups is 2. The third-order valence-corrected chi connectivity index (χ3v) is 6.31. The predicted octanol–water partition coefficient (Wildman–Crippen LogP) is 2.77. The Hall–Kier alpha value is -2.02. The van der Waals surface area contributed by atoms with Crippen molar-refractivity contribution in [2.45, 2.75) is 59.4 Å². The minimum atomic E-state index is -1.09. The van der Waals surface area contributed by atoms with Crippen LogP contribution in [-0.4, -0.2) is 33.3 Å². The molecule has 6 nitrogen and oxygen atoms in total. The summed E-state index contributed by atoms with van der Waals surface area (Å²) in [6.07, 6.45) is 1.35. The van der Waals surface area contributed by atoms with Crippen LogP contribution >= 0.6 is 11.3 Å². The lowest BCUT2D eigenvalue weighted by atomic mass is 9.89. The summed E-state index contributed by atoms with van der Waals surface area (Å²) in [5.41, 5.74) is -0.232. The maximum atomic E-state index is 13.5. The first-order valence-electron chi connectivity index (χ1n) is 8.91. The molecule has 140 valence electrons. The number of rotatable bonds is 3. The lowest BCUT2D eigenvalue weighted by Crippen LogP contribution is -2.57. The van der Waals surface area contributed by atoms with E-state index in [4.69, 9.17) is 0 Å². The monoisotopic (exact) mass is 375 g/mol. The Morgan fingerprint density at radius 1 is 1.23 bits per heavy atom. The fourth-order valence-corrected chi connectivity index (χ4v) is 4.95. The SMILES string of the molecule is Cc1sc2nc(C)n(C3(C)CCC(=O)N(C)C3=O)c(=O)c2c1CC(C)C. The number of aromatic nitrogens is 2. The van der Waals surface area contributed by atoms with Gasteiger partial charge in [-0.3, -0.25) is 23.9 Å². The van der Waals surface area contributed by atoms with Crippen molar-refractivity contribution < 1.29 is 9.59 Å². The molecule has 0 saturated carbocycles. The second kappa shape index (κ2) is 6.30. The maximum absolute atomic E-state index is 13.5. The van der Waals surface area contributed by atoms with Gasteiger partial charge in [0, 0.05) is 18.3 Å². The number of nitrogens with zero attached hydrogens (tertiary/aromatic N) is 3. The van der Waals surface area contributed by atoms with Gasteiger partial charge < -0.3 is 0 Å². The molecule has 1 unspecified atom stereocenters. The van der Waals surface area contributed by atoms with E-state index >= 15 is 0 Å². The zero-order valence-corrected chi connectivity index (χ0v) is 17.0. The summed E-state index contributed by atoms with van der Waals surface area (Å²) < 4.78 is 1.51. The summed E-state index contributed by atoms with van der Waals surface area (Å²) in [4.78, 5) is 45.9. The Morgan fingerprint density at radius 2 is 1.88 bits per heavy atom. The molecule has 0 N–H and O–H groups in total. The Morgan fingerprint density at radius 3 is 2.50 bits per heavy atom. The largest absolute Gasteiger partial charge is 0.284 e. The second-order valence-electron chi connectivity index (χ2n) is 7.75. The molecular formula is C19H25N3O3S. The average Bonchev–Trinajstić information content (AvgIpc) is 2.84. The first-order valence-corrected chi connectivity index (χ1v) is 9.72. The molecule has 1 fully saturated rings. The molecule has 3 heterocycles. The van der Waals surface area contributed by atoms with Gasteiger partial charge in [-0.05, 0) is 45.1 Å². The zero-order valence-electron chi connectivity index (χ0n) is 16.2. The van der Waals surface area contributed by atoms with E-state index in [0.29, 0.717) is 23.5 Å². The first kappa shape index (κ1) is 18.8.